The van der Waals surface area contributed by atoms with Crippen LogP contribution >= 0.6 is 0 Å². The van der Waals surface area contributed by atoms with Crippen molar-refractivity contribution in [2.75, 3.05) is 11.3 Å². The van der Waals surface area contributed by atoms with E-state index in [4.69, 9.17) is 4.74 Å². The van der Waals surface area contributed by atoms with Crippen molar-refractivity contribution in [2.45, 2.75) is 38.7 Å². The molecule has 2 aromatic carbocycles. The first kappa shape index (κ1) is 23.9. The van der Waals surface area contributed by atoms with Crippen LogP contribution in [0.25, 0.3) is 0 Å². The van der Waals surface area contributed by atoms with E-state index in [9.17, 15) is 22.8 Å². The third kappa shape index (κ3) is 6.29. The number of carbonyl (C=O) groups is 3. The van der Waals surface area contributed by atoms with Crippen LogP contribution in [0, 0.1) is 13.8 Å². The molecule has 10 heteroatoms. The Hall–Kier alpha value is -3.40. The molecular weight excluding hydrogens is 422 g/mol. The number of amides is 3. The Bertz CT molecular complexity index is 1100. The summed E-state index contributed by atoms with van der Waals surface area (Å²) in [7, 11) is -3.98. The molecule has 0 heterocycles. The quantitative estimate of drug-likeness (QED) is 0.559. The van der Waals surface area contributed by atoms with Gasteiger partial charge in [0, 0.05) is 6.54 Å². The maximum atomic E-state index is 12.9. The number of esters is 1. The van der Waals surface area contributed by atoms with Gasteiger partial charge in [0.2, 0.25) is 0 Å². The predicted octanol–water partition coefficient (Wildman–Crippen LogP) is 2.50. The highest BCUT2D eigenvalue weighted by Crippen LogP contribution is 2.24. The standard InChI is InChI=1S/C21H25N3O6S/c1-5-22-21(27)23-19(25)15(4)30-20(26)16-8-6-7-9-17(16)24-31(28,29)18-12-13(2)10-11-14(18)3/h6-12,15,24H,5H2,1-4H3,(H2,22,23,25,27). The number of carbonyl (C=O) groups excluding carboxylic acids is 3. The van der Waals surface area contributed by atoms with Crippen LogP contribution < -0.4 is 15.4 Å². The minimum atomic E-state index is -3.98. The second-order valence-electron chi connectivity index (χ2n) is 6.82. The summed E-state index contributed by atoms with van der Waals surface area (Å²) in [5.41, 5.74) is 1.25. The van der Waals surface area contributed by atoms with Crippen molar-refractivity contribution in [3.63, 3.8) is 0 Å². The highest BCUT2D eigenvalue weighted by molar-refractivity contribution is 7.92. The Morgan fingerprint density at radius 2 is 1.74 bits per heavy atom. The van der Waals surface area contributed by atoms with Gasteiger partial charge in [-0.1, -0.05) is 24.3 Å². The molecule has 0 aliphatic carbocycles. The number of aryl methyl sites for hydroxylation is 2. The molecule has 0 saturated carbocycles. The second-order valence-corrected chi connectivity index (χ2v) is 8.47. The molecule has 1 unspecified atom stereocenters. The number of nitrogens with one attached hydrogen (secondary N) is 3. The van der Waals surface area contributed by atoms with Crippen LogP contribution in [0.3, 0.4) is 0 Å². The minimum absolute atomic E-state index is 0.00439. The summed E-state index contributed by atoms with van der Waals surface area (Å²) in [6.45, 7) is 6.75. The summed E-state index contributed by atoms with van der Waals surface area (Å²) in [5, 5.41) is 4.43. The molecule has 31 heavy (non-hydrogen) atoms. The number of benzene rings is 2. The maximum Gasteiger partial charge on any atom is 0.341 e. The number of ether oxygens (including phenoxy) is 1. The Morgan fingerprint density at radius 3 is 2.42 bits per heavy atom. The summed E-state index contributed by atoms with van der Waals surface area (Å²) < 4.78 is 33.3. The van der Waals surface area contributed by atoms with E-state index in [1.165, 1.54) is 31.2 Å². The van der Waals surface area contributed by atoms with E-state index in [-0.39, 0.29) is 16.1 Å². The van der Waals surface area contributed by atoms with Gasteiger partial charge in [0.15, 0.2) is 6.10 Å². The molecular formula is C21H25N3O6S. The van der Waals surface area contributed by atoms with E-state index < -0.39 is 34.0 Å². The monoisotopic (exact) mass is 447 g/mol. The van der Waals surface area contributed by atoms with E-state index in [0.717, 1.165) is 5.56 Å². The second kappa shape index (κ2) is 10.1. The first-order chi connectivity index (χ1) is 14.5. The average molecular weight is 448 g/mol. The SMILES string of the molecule is CCNC(=O)NC(=O)C(C)OC(=O)c1ccccc1NS(=O)(=O)c1cc(C)ccc1C. The highest BCUT2D eigenvalue weighted by Gasteiger charge is 2.24. The highest BCUT2D eigenvalue weighted by atomic mass is 32.2. The molecule has 2 aromatic rings. The molecule has 0 aliphatic rings. The lowest BCUT2D eigenvalue weighted by Gasteiger charge is -2.16. The normalized spacial score (nSPS) is 11.9. The van der Waals surface area contributed by atoms with E-state index >= 15 is 0 Å². The van der Waals surface area contributed by atoms with Crippen molar-refractivity contribution in [2.24, 2.45) is 0 Å². The lowest BCUT2D eigenvalue weighted by molar-refractivity contribution is -0.127. The van der Waals surface area contributed by atoms with E-state index in [0.29, 0.717) is 12.1 Å². The maximum absolute atomic E-state index is 12.9. The van der Waals surface area contributed by atoms with E-state index in [2.05, 4.69) is 10.0 Å². The smallest absolute Gasteiger partial charge is 0.341 e. The van der Waals surface area contributed by atoms with Gasteiger partial charge in [0.25, 0.3) is 15.9 Å². The zero-order valence-electron chi connectivity index (χ0n) is 17.7. The molecule has 1 atom stereocenters. The molecule has 0 spiro atoms. The molecule has 0 bridgehead atoms. The number of rotatable bonds is 7. The third-order valence-corrected chi connectivity index (χ3v) is 5.76. The van der Waals surface area contributed by atoms with Crippen molar-refractivity contribution in [1.82, 2.24) is 10.6 Å². The number of para-hydroxylation sites is 1. The molecule has 2 rings (SSSR count). The predicted molar refractivity (Wildman–Crippen MR) is 115 cm³/mol. The number of hydrogen-bond donors (Lipinski definition) is 3. The van der Waals surface area contributed by atoms with Crippen LogP contribution in [0.15, 0.2) is 47.4 Å². The molecule has 0 radical (unpaired) electrons. The molecule has 0 aliphatic heterocycles. The van der Waals surface area contributed by atoms with Gasteiger partial charge >= 0.3 is 12.0 Å². The van der Waals surface area contributed by atoms with Crippen LogP contribution in [0.5, 0.6) is 0 Å². The van der Waals surface area contributed by atoms with Gasteiger partial charge in [-0.25, -0.2) is 18.0 Å². The molecule has 9 nitrogen and oxygen atoms in total. The number of hydrogen-bond acceptors (Lipinski definition) is 6. The number of anilines is 1. The number of urea groups is 1. The molecule has 0 aromatic heterocycles. The number of sulfonamides is 1. The van der Waals surface area contributed by atoms with Gasteiger partial charge in [0.1, 0.15) is 0 Å². The summed E-state index contributed by atoms with van der Waals surface area (Å²) in [5.74, 6) is -1.73. The van der Waals surface area contributed by atoms with Crippen LogP contribution in [0.2, 0.25) is 0 Å². The lowest BCUT2D eigenvalue weighted by atomic mass is 10.2. The fourth-order valence-corrected chi connectivity index (χ4v) is 4.05. The first-order valence-electron chi connectivity index (χ1n) is 9.54. The van der Waals surface area contributed by atoms with Gasteiger partial charge in [0.05, 0.1) is 16.1 Å². The van der Waals surface area contributed by atoms with Gasteiger partial charge in [-0.2, -0.15) is 0 Å². The molecule has 3 amide bonds. The van der Waals surface area contributed by atoms with Crippen LogP contribution in [-0.4, -0.2) is 39.0 Å². The molecule has 3 N–H and O–H groups in total. The largest absolute Gasteiger partial charge is 0.449 e. The summed E-state index contributed by atoms with van der Waals surface area (Å²) in [6.07, 6.45) is -1.28. The van der Waals surface area contributed by atoms with Gasteiger partial charge in [-0.15, -0.1) is 0 Å². The first-order valence-corrected chi connectivity index (χ1v) is 11.0. The van der Waals surface area contributed by atoms with E-state index in [1.54, 1.807) is 39.0 Å². The Morgan fingerprint density at radius 1 is 1.06 bits per heavy atom. The Labute approximate surface area is 181 Å². The fraction of sp³-hybridized carbons (Fsp3) is 0.286. The minimum Gasteiger partial charge on any atom is -0.449 e. The van der Waals surface area contributed by atoms with Gasteiger partial charge < -0.3 is 10.1 Å². The van der Waals surface area contributed by atoms with Gasteiger partial charge in [-0.05, 0) is 57.0 Å². The number of imide groups is 1. The zero-order valence-corrected chi connectivity index (χ0v) is 18.5. The Kier molecular flexibility index (Phi) is 7.76. The summed E-state index contributed by atoms with van der Waals surface area (Å²) >= 11 is 0. The van der Waals surface area contributed by atoms with Crippen molar-refractivity contribution in [1.29, 1.82) is 0 Å². The summed E-state index contributed by atoms with van der Waals surface area (Å²) in [4.78, 5) is 36.1. The molecule has 0 saturated heterocycles. The average Bonchev–Trinajstić information content (AvgIpc) is 2.69. The lowest BCUT2D eigenvalue weighted by Crippen LogP contribution is -2.44. The molecule has 166 valence electrons. The Balaban J connectivity index is 2.21. The third-order valence-electron chi connectivity index (χ3n) is 4.25. The topological polar surface area (TPSA) is 131 Å². The van der Waals surface area contributed by atoms with Crippen molar-refractivity contribution in [3.05, 3.63) is 59.2 Å². The molecule has 0 fully saturated rings. The van der Waals surface area contributed by atoms with E-state index in [1.807, 2.05) is 5.32 Å². The van der Waals surface area contributed by atoms with Crippen molar-refractivity contribution in [3.8, 4) is 0 Å². The van der Waals surface area contributed by atoms with Crippen LogP contribution in [0.4, 0.5) is 10.5 Å². The van der Waals surface area contributed by atoms with Crippen LogP contribution in [0.1, 0.15) is 35.3 Å². The van der Waals surface area contributed by atoms with Crippen molar-refractivity contribution < 1.29 is 27.5 Å². The van der Waals surface area contributed by atoms with Gasteiger partial charge in [-0.3, -0.25) is 14.8 Å². The van der Waals surface area contributed by atoms with Crippen LogP contribution in [-0.2, 0) is 19.6 Å². The van der Waals surface area contributed by atoms with Crippen molar-refractivity contribution >= 4 is 33.6 Å². The summed E-state index contributed by atoms with van der Waals surface area (Å²) in [6, 6.07) is 10.2. The fourth-order valence-electron chi connectivity index (χ4n) is 2.64. The zero-order chi connectivity index (χ0) is 23.2.